The van der Waals surface area contributed by atoms with Gasteiger partial charge in [-0.25, -0.2) is 18.2 Å². The fourth-order valence-electron chi connectivity index (χ4n) is 3.31. The van der Waals surface area contributed by atoms with Crippen molar-refractivity contribution in [2.24, 2.45) is 10.7 Å². The number of pyridine rings is 1. The molecule has 3 aromatic rings. The Bertz CT molecular complexity index is 1130. The second-order valence-corrected chi connectivity index (χ2v) is 6.41. The minimum absolute atomic E-state index is 0.0252. The number of carbonyl (C=O) groups is 1. The van der Waals surface area contributed by atoms with Gasteiger partial charge in [-0.05, 0) is 23.8 Å². The van der Waals surface area contributed by atoms with E-state index in [2.05, 4.69) is 15.1 Å². The monoisotopic (exact) mass is 401 g/mol. The van der Waals surface area contributed by atoms with Crippen molar-refractivity contribution in [2.75, 3.05) is 7.05 Å². The van der Waals surface area contributed by atoms with Crippen LogP contribution in [0.3, 0.4) is 0 Å². The zero-order valence-corrected chi connectivity index (χ0v) is 15.1. The average molecular weight is 401 g/mol. The van der Waals surface area contributed by atoms with Crippen LogP contribution in [0.4, 0.5) is 13.2 Å². The summed E-state index contributed by atoms with van der Waals surface area (Å²) in [5, 5.41) is 3.66. The third kappa shape index (κ3) is 2.75. The number of carbonyl (C=O) groups excluding carboxylic acids is 1. The highest BCUT2D eigenvalue weighted by atomic mass is 19.1. The normalized spacial score (nSPS) is 19.0. The third-order valence-electron chi connectivity index (χ3n) is 4.77. The first-order valence-electron chi connectivity index (χ1n) is 8.43. The Balaban J connectivity index is 2.04. The summed E-state index contributed by atoms with van der Waals surface area (Å²) in [4.78, 5) is 22.3. The number of hydrogen-bond acceptors (Lipinski definition) is 6. The lowest BCUT2D eigenvalue weighted by Crippen LogP contribution is -2.41. The molecule has 4 rings (SSSR count). The Hall–Kier alpha value is -3.69. The number of nitrogens with zero attached hydrogens (tertiary/aromatic N) is 4. The number of likely N-dealkylation sites (N-methyl/N-ethyl adjacent to an activating group) is 1. The maximum Gasteiger partial charge on any atom is 0.266 e. The molecule has 1 aliphatic heterocycles. The molecule has 0 saturated heterocycles. The highest BCUT2D eigenvalue weighted by molar-refractivity contribution is 6.09. The van der Waals surface area contributed by atoms with E-state index in [1.165, 1.54) is 37.7 Å². The molecule has 3 heterocycles. The predicted molar refractivity (Wildman–Crippen MR) is 96.1 cm³/mol. The predicted octanol–water partition coefficient (Wildman–Crippen LogP) is 2.51. The fraction of sp³-hybridized carbons (Fsp3) is 0.158. The fourth-order valence-corrected chi connectivity index (χ4v) is 3.31. The molecular formula is C19H14F3N5O2. The second kappa shape index (κ2) is 6.73. The zero-order valence-electron chi connectivity index (χ0n) is 15.1. The van der Waals surface area contributed by atoms with E-state index in [1.54, 1.807) is 0 Å². The molecule has 2 aromatic heterocycles. The minimum Gasteiger partial charge on any atom is -0.369 e. The van der Waals surface area contributed by atoms with Crippen LogP contribution in [0.5, 0.6) is 0 Å². The van der Waals surface area contributed by atoms with Crippen molar-refractivity contribution in [3.8, 4) is 11.3 Å². The lowest BCUT2D eigenvalue weighted by molar-refractivity contribution is -0.129. The SMILES string of the molecule is CN1C(=O)C(c2ccnc(CF)c2)(c2cc(-c3ccon3)c(F)cc2F)N=C1N. The van der Waals surface area contributed by atoms with Crippen LogP contribution >= 0.6 is 0 Å². The molecule has 0 fully saturated rings. The van der Waals surface area contributed by atoms with Gasteiger partial charge in [0.15, 0.2) is 11.5 Å². The Kier molecular flexibility index (Phi) is 4.33. The van der Waals surface area contributed by atoms with Crippen LogP contribution in [-0.2, 0) is 17.0 Å². The summed E-state index contributed by atoms with van der Waals surface area (Å²) < 4.78 is 47.4. The molecule has 29 heavy (non-hydrogen) atoms. The van der Waals surface area contributed by atoms with Crippen molar-refractivity contribution < 1.29 is 22.5 Å². The summed E-state index contributed by atoms with van der Waals surface area (Å²) in [6.45, 7) is -0.900. The number of aromatic nitrogens is 2. The number of guanidine groups is 1. The Morgan fingerprint density at radius 3 is 2.62 bits per heavy atom. The van der Waals surface area contributed by atoms with Gasteiger partial charge in [0.05, 0.1) is 5.69 Å². The largest absolute Gasteiger partial charge is 0.369 e. The smallest absolute Gasteiger partial charge is 0.266 e. The molecule has 1 aliphatic rings. The Morgan fingerprint density at radius 2 is 2.00 bits per heavy atom. The number of aliphatic imine (C=N–C) groups is 1. The molecule has 0 spiro atoms. The number of benzene rings is 1. The summed E-state index contributed by atoms with van der Waals surface area (Å²) >= 11 is 0. The first-order chi connectivity index (χ1) is 13.9. The molecule has 0 aliphatic carbocycles. The molecule has 1 amide bonds. The van der Waals surface area contributed by atoms with E-state index in [-0.39, 0.29) is 34.0 Å². The molecule has 7 nitrogen and oxygen atoms in total. The van der Waals surface area contributed by atoms with Gasteiger partial charge in [0, 0.05) is 36.5 Å². The molecule has 10 heteroatoms. The third-order valence-corrected chi connectivity index (χ3v) is 4.77. The second-order valence-electron chi connectivity index (χ2n) is 6.41. The average Bonchev–Trinajstić information content (AvgIpc) is 3.32. The topological polar surface area (TPSA) is 97.6 Å². The van der Waals surface area contributed by atoms with Crippen LogP contribution in [0.1, 0.15) is 16.8 Å². The Morgan fingerprint density at radius 1 is 1.21 bits per heavy atom. The van der Waals surface area contributed by atoms with E-state index in [0.717, 1.165) is 11.0 Å². The van der Waals surface area contributed by atoms with Crippen molar-refractivity contribution >= 4 is 11.9 Å². The lowest BCUT2D eigenvalue weighted by Gasteiger charge is -2.27. The van der Waals surface area contributed by atoms with E-state index in [1.807, 2.05) is 0 Å². The van der Waals surface area contributed by atoms with Gasteiger partial charge in [0.2, 0.25) is 0 Å². The number of amides is 1. The maximum atomic E-state index is 15.0. The van der Waals surface area contributed by atoms with Gasteiger partial charge in [-0.2, -0.15) is 0 Å². The first kappa shape index (κ1) is 18.7. The molecule has 1 aromatic carbocycles. The molecule has 1 unspecified atom stereocenters. The van der Waals surface area contributed by atoms with Crippen LogP contribution in [0.25, 0.3) is 11.3 Å². The van der Waals surface area contributed by atoms with Gasteiger partial charge in [0.1, 0.15) is 30.3 Å². The molecular weight excluding hydrogens is 387 g/mol. The highest BCUT2D eigenvalue weighted by Gasteiger charge is 2.51. The van der Waals surface area contributed by atoms with Crippen molar-refractivity contribution in [1.29, 1.82) is 0 Å². The number of alkyl halides is 1. The summed E-state index contributed by atoms with van der Waals surface area (Å²) in [7, 11) is 1.38. The van der Waals surface area contributed by atoms with Gasteiger partial charge in [-0.3, -0.25) is 14.7 Å². The zero-order chi connectivity index (χ0) is 20.8. The molecule has 0 saturated carbocycles. The quantitative estimate of drug-likeness (QED) is 0.725. The van der Waals surface area contributed by atoms with E-state index in [0.29, 0.717) is 6.07 Å². The van der Waals surface area contributed by atoms with Crippen molar-refractivity contribution in [1.82, 2.24) is 15.0 Å². The number of rotatable bonds is 4. The summed E-state index contributed by atoms with van der Waals surface area (Å²) in [5.74, 6) is -2.76. The van der Waals surface area contributed by atoms with Crippen molar-refractivity contribution in [2.45, 2.75) is 12.2 Å². The van der Waals surface area contributed by atoms with Crippen LogP contribution in [0.15, 0.2) is 52.3 Å². The van der Waals surface area contributed by atoms with Crippen molar-refractivity contribution in [3.05, 3.63) is 71.2 Å². The van der Waals surface area contributed by atoms with Crippen LogP contribution in [0.2, 0.25) is 0 Å². The van der Waals surface area contributed by atoms with Gasteiger partial charge in [0.25, 0.3) is 5.91 Å². The van der Waals surface area contributed by atoms with E-state index >= 15 is 4.39 Å². The van der Waals surface area contributed by atoms with E-state index in [4.69, 9.17) is 10.3 Å². The van der Waals surface area contributed by atoms with E-state index < -0.39 is 29.8 Å². The molecule has 2 N–H and O–H groups in total. The summed E-state index contributed by atoms with van der Waals surface area (Å²) in [5.41, 5.74) is 3.80. The Labute approximate surface area is 162 Å². The molecule has 1 atom stereocenters. The molecule has 0 radical (unpaired) electrons. The van der Waals surface area contributed by atoms with Gasteiger partial charge < -0.3 is 10.3 Å². The number of hydrogen-bond donors (Lipinski definition) is 1. The highest BCUT2D eigenvalue weighted by Crippen LogP contribution is 2.42. The maximum absolute atomic E-state index is 15.0. The first-order valence-corrected chi connectivity index (χ1v) is 8.43. The summed E-state index contributed by atoms with van der Waals surface area (Å²) in [6.07, 6.45) is 2.51. The lowest BCUT2D eigenvalue weighted by atomic mass is 9.81. The van der Waals surface area contributed by atoms with Gasteiger partial charge >= 0.3 is 0 Å². The van der Waals surface area contributed by atoms with E-state index in [9.17, 15) is 13.6 Å². The standard InChI is InChI=1S/C19H14F3N5O2/c1-27-17(28)19(25-18(27)23,10-2-4-24-11(6-10)9-20)13-7-12(14(21)8-15(13)22)16-3-5-29-26-16/h2-8H,9H2,1H3,(H2,23,25). The van der Waals surface area contributed by atoms with Crippen LogP contribution < -0.4 is 5.73 Å². The van der Waals surface area contributed by atoms with Crippen LogP contribution in [-0.4, -0.2) is 34.0 Å². The minimum atomic E-state index is -1.97. The number of halogens is 3. The number of nitrogens with two attached hydrogens (primary N) is 1. The molecule has 148 valence electrons. The van der Waals surface area contributed by atoms with Crippen LogP contribution in [0, 0.1) is 11.6 Å². The van der Waals surface area contributed by atoms with Gasteiger partial charge in [-0.15, -0.1) is 0 Å². The molecule has 0 bridgehead atoms. The van der Waals surface area contributed by atoms with Crippen molar-refractivity contribution in [3.63, 3.8) is 0 Å². The van der Waals surface area contributed by atoms with Gasteiger partial charge in [-0.1, -0.05) is 5.16 Å². The summed E-state index contributed by atoms with van der Waals surface area (Å²) in [6, 6.07) is 5.86.